The molecule has 3 rings (SSSR count). The average Bonchev–Trinajstić information content (AvgIpc) is 3.07. The highest BCUT2D eigenvalue weighted by Crippen LogP contribution is 2.23. The van der Waals surface area contributed by atoms with E-state index in [1.165, 1.54) is 16.9 Å². The third-order valence-electron chi connectivity index (χ3n) is 3.21. The van der Waals surface area contributed by atoms with Crippen molar-refractivity contribution in [2.24, 2.45) is 0 Å². The summed E-state index contributed by atoms with van der Waals surface area (Å²) in [6.07, 6.45) is 1.64. The average molecular weight is 388 g/mol. The number of halogens is 1. The maximum Gasteiger partial charge on any atom is 0.265 e. The smallest absolute Gasteiger partial charge is 0.265 e. The molecule has 6 heteroatoms. The van der Waals surface area contributed by atoms with Crippen LogP contribution in [0.25, 0.3) is 0 Å². The number of pyridine rings is 1. The van der Waals surface area contributed by atoms with E-state index >= 15 is 0 Å². The van der Waals surface area contributed by atoms with Crippen molar-refractivity contribution >= 4 is 50.4 Å². The first kappa shape index (κ1) is 15.7. The van der Waals surface area contributed by atoms with Crippen molar-refractivity contribution in [3.05, 3.63) is 69.0 Å². The Morgan fingerprint density at radius 3 is 2.65 bits per heavy atom. The molecule has 3 aromatic rings. The van der Waals surface area contributed by atoms with Crippen molar-refractivity contribution in [3.63, 3.8) is 0 Å². The lowest BCUT2D eigenvalue weighted by molar-refractivity contribution is 0.103. The Balaban J connectivity index is 1.67. The zero-order valence-electron chi connectivity index (χ0n) is 12.3. The fourth-order valence-corrected chi connectivity index (χ4v) is 2.96. The molecule has 0 aliphatic heterocycles. The maximum atomic E-state index is 12.0. The summed E-state index contributed by atoms with van der Waals surface area (Å²) in [6.45, 7) is 2.04. The zero-order valence-corrected chi connectivity index (χ0v) is 14.7. The summed E-state index contributed by atoms with van der Waals surface area (Å²) in [5.74, 6) is 0.597. The highest BCUT2D eigenvalue weighted by atomic mass is 79.9. The van der Waals surface area contributed by atoms with E-state index in [-0.39, 0.29) is 5.91 Å². The van der Waals surface area contributed by atoms with Crippen LogP contribution < -0.4 is 10.6 Å². The molecule has 23 heavy (non-hydrogen) atoms. The largest absolute Gasteiger partial charge is 0.340 e. The van der Waals surface area contributed by atoms with Crippen LogP contribution in [0, 0.1) is 6.92 Å². The van der Waals surface area contributed by atoms with Gasteiger partial charge in [0, 0.05) is 10.2 Å². The van der Waals surface area contributed by atoms with Gasteiger partial charge in [-0.2, -0.15) is 0 Å². The molecule has 0 fully saturated rings. The summed E-state index contributed by atoms with van der Waals surface area (Å²) in [7, 11) is 0. The van der Waals surface area contributed by atoms with Crippen molar-refractivity contribution < 1.29 is 4.79 Å². The maximum absolute atomic E-state index is 12.0. The lowest BCUT2D eigenvalue weighted by atomic mass is 10.2. The fourth-order valence-electron chi connectivity index (χ4n) is 1.96. The van der Waals surface area contributed by atoms with E-state index in [1.54, 1.807) is 12.3 Å². The Hall–Kier alpha value is -2.18. The summed E-state index contributed by atoms with van der Waals surface area (Å²) in [5, 5.41) is 7.93. The first-order chi connectivity index (χ1) is 11.1. The van der Waals surface area contributed by atoms with Crippen molar-refractivity contribution in [2.75, 3.05) is 10.6 Å². The van der Waals surface area contributed by atoms with Gasteiger partial charge in [-0.15, -0.1) is 11.3 Å². The van der Waals surface area contributed by atoms with Gasteiger partial charge < -0.3 is 10.6 Å². The minimum atomic E-state index is -0.120. The molecule has 0 unspecified atom stereocenters. The summed E-state index contributed by atoms with van der Waals surface area (Å²) < 4.78 is 1.04. The number of nitrogens with one attached hydrogen (secondary N) is 2. The molecule has 0 saturated heterocycles. The van der Waals surface area contributed by atoms with Crippen LogP contribution in [0.5, 0.6) is 0 Å². The predicted octanol–water partition coefficient (Wildman–Crippen LogP) is 5.21. The van der Waals surface area contributed by atoms with Gasteiger partial charge in [0.25, 0.3) is 5.91 Å². The highest BCUT2D eigenvalue weighted by molar-refractivity contribution is 9.10. The highest BCUT2D eigenvalue weighted by Gasteiger charge is 2.07. The molecule has 0 aliphatic rings. The number of hydrogen-bond acceptors (Lipinski definition) is 4. The minimum Gasteiger partial charge on any atom is -0.340 e. The van der Waals surface area contributed by atoms with Crippen LogP contribution in [-0.2, 0) is 0 Å². The van der Waals surface area contributed by atoms with Crippen molar-refractivity contribution in [2.45, 2.75) is 6.92 Å². The molecule has 0 aliphatic carbocycles. The number of benzene rings is 1. The van der Waals surface area contributed by atoms with Gasteiger partial charge in [-0.05, 0) is 48.2 Å². The van der Waals surface area contributed by atoms with Crippen LogP contribution in [0.15, 0.2) is 58.5 Å². The van der Waals surface area contributed by atoms with E-state index in [4.69, 9.17) is 0 Å². The second-order valence-electron chi connectivity index (χ2n) is 4.95. The summed E-state index contributed by atoms with van der Waals surface area (Å²) in [4.78, 5) is 17.0. The molecule has 2 aromatic heterocycles. The van der Waals surface area contributed by atoms with Gasteiger partial charge in [0.2, 0.25) is 0 Å². The molecule has 4 nitrogen and oxygen atoms in total. The number of anilines is 3. The molecule has 0 saturated carbocycles. The van der Waals surface area contributed by atoms with Crippen LogP contribution in [0.2, 0.25) is 0 Å². The molecular formula is C17H14BrN3OS. The van der Waals surface area contributed by atoms with Crippen LogP contribution in [0.4, 0.5) is 17.2 Å². The van der Waals surface area contributed by atoms with Gasteiger partial charge in [0.1, 0.15) is 5.82 Å². The van der Waals surface area contributed by atoms with Crippen molar-refractivity contribution in [1.82, 2.24) is 4.98 Å². The SMILES string of the molecule is Cc1ccc(Nc2ccc(NC(=O)c3cccs3)cn2)cc1Br. The summed E-state index contributed by atoms with van der Waals surface area (Å²) >= 11 is 4.92. The van der Waals surface area contributed by atoms with Crippen molar-refractivity contribution in [1.29, 1.82) is 0 Å². The van der Waals surface area contributed by atoms with Crippen molar-refractivity contribution in [3.8, 4) is 0 Å². The Morgan fingerprint density at radius 2 is 2.00 bits per heavy atom. The number of carbonyl (C=O) groups is 1. The lowest BCUT2D eigenvalue weighted by Gasteiger charge is -2.08. The molecule has 1 amide bonds. The molecule has 0 bridgehead atoms. The van der Waals surface area contributed by atoms with Gasteiger partial charge >= 0.3 is 0 Å². The normalized spacial score (nSPS) is 10.3. The predicted molar refractivity (Wildman–Crippen MR) is 98.7 cm³/mol. The second kappa shape index (κ2) is 6.93. The first-order valence-electron chi connectivity index (χ1n) is 6.96. The lowest BCUT2D eigenvalue weighted by Crippen LogP contribution is -2.10. The van der Waals surface area contributed by atoms with E-state index < -0.39 is 0 Å². The molecule has 116 valence electrons. The molecule has 0 radical (unpaired) electrons. The van der Waals surface area contributed by atoms with Gasteiger partial charge in [0.05, 0.1) is 16.8 Å². The molecule has 0 atom stereocenters. The number of aryl methyl sites for hydroxylation is 1. The van der Waals surface area contributed by atoms with Gasteiger partial charge in [-0.3, -0.25) is 4.79 Å². The Labute approximate surface area is 146 Å². The van der Waals surface area contributed by atoms with Gasteiger partial charge in [0.15, 0.2) is 0 Å². The number of aromatic nitrogens is 1. The van der Waals surface area contributed by atoms with E-state index in [0.29, 0.717) is 10.6 Å². The van der Waals surface area contributed by atoms with E-state index in [1.807, 2.05) is 48.7 Å². The standard InChI is InChI=1S/C17H14BrN3OS/c1-11-4-5-12(9-14(11)18)20-16-7-6-13(10-19-16)21-17(22)15-3-2-8-23-15/h2-10H,1H3,(H,19,20)(H,21,22). The monoisotopic (exact) mass is 387 g/mol. The third kappa shape index (κ3) is 3.97. The number of amides is 1. The molecule has 1 aromatic carbocycles. The van der Waals surface area contributed by atoms with E-state index in [9.17, 15) is 4.79 Å². The summed E-state index contributed by atoms with van der Waals surface area (Å²) in [5.41, 5.74) is 2.79. The first-order valence-corrected chi connectivity index (χ1v) is 8.63. The minimum absolute atomic E-state index is 0.120. The van der Waals surface area contributed by atoms with Crippen LogP contribution in [0.3, 0.4) is 0 Å². The van der Waals surface area contributed by atoms with E-state index in [0.717, 1.165) is 16.0 Å². The number of hydrogen-bond donors (Lipinski definition) is 2. The zero-order chi connectivity index (χ0) is 16.2. The van der Waals surface area contributed by atoms with E-state index in [2.05, 4.69) is 31.5 Å². The second-order valence-corrected chi connectivity index (χ2v) is 6.75. The summed E-state index contributed by atoms with van der Waals surface area (Å²) in [6, 6.07) is 13.3. The third-order valence-corrected chi connectivity index (χ3v) is 4.93. The van der Waals surface area contributed by atoms with Crippen LogP contribution in [-0.4, -0.2) is 10.9 Å². The molecule has 2 N–H and O–H groups in total. The number of thiophene rings is 1. The topological polar surface area (TPSA) is 54.0 Å². The Kier molecular flexibility index (Phi) is 4.73. The molecular weight excluding hydrogens is 374 g/mol. The fraction of sp³-hybridized carbons (Fsp3) is 0.0588. The Morgan fingerprint density at radius 1 is 1.17 bits per heavy atom. The van der Waals surface area contributed by atoms with Gasteiger partial charge in [-0.25, -0.2) is 4.98 Å². The quantitative estimate of drug-likeness (QED) is 0.645. The van der Waals surface area contributed by atoms with Crippen LogP contribution >= 0.6 is 27.3 Å². The number of carbonyl (C=O) groups excluding carboxylic acids is 1. The van der Waals surface area contributed by atoms with Gasteiger partial charge in [-0.1, -0.05) is 28.1 Å². The molecule has 2 heterocycles. The number of nitrogens with zero attached hydrogens (tertiary/aromatic N) is 1. The Bertz CT molecular complexity index is 816. The number of rotatable bonds is 4. The molecule has 0 spiro atoms. The van der Waals surface area contributed by atoms with Crippen LogP contribution in [0.1, 0.15) is 15.2 Å².